The number of furan rings is 1. The predicted molar refractivity (Wildman–Crippen MR) is 95.0 cm³/mol. The van der Waals surface area contributed by atoms with Gasteiger partial charge in [-0.05, 0) is 55.5 Å². The van der Waals surface area contributed by atoms with E-state index in [-0.39, 0.29) is 5.91 Å². The van der Waals surface area contributed by atoms with Crippen molar-refractivity contribution in [3.63, 3.8) is 0 Å². The van der Waals surface area contributed by atoms with Crippen LogP contribution in [0.3, 0.4) is 0 Å². The number of aromatic nitrogens is 1. The van der Waals surface area contributed by atoms with Crippen molar-refractivity contribution < 1.29 is 13.9 Å². The van der Waals surface area contributed by atoms with Crippen LogP contribution in [-0.4, -0.2) is 17.5 Å². The summed E-state index contributed by atoms with van der Waals surface area (Å²) in [5.74, 6) is 1.99. The van der Waals surface area contributed by atoms with Crippen LogP contribution in [0.4, 0.5) is 11.5 Å². The standard InChI is InChI=1S/C19H19N3O3/c1-2-24-16-8-6-15(7-9-16)22-18-10-5-14(12-20-18)19(23)21-13-17-4-3-11-25-17/h3-12H,2,13H2,1H3,(H,20,22)(H,21,23). The first-order valence-corrected chi connectivity index (χ1v) is 8.01. The van der Waals surface area contributed by atoms with Gasteiger partial charge in [0, 0.05) is 11.9 Å². The molecule has 3 aromatic rings. The van der Waals surface area contributed by atoms with Crippen molar-refractivity contribution in [1.82, 2.24) is 10.3 Å². The van der Waals surface area contributed by atoms with E-state index in [0.717, 1.165) is 11.4 Å². The molecule has 0 aliphatic carbocycles. The van der Waals surface area contributed by atoms with Gasteiger partial charge in [-0.15, -0.1) is 0 Å². The van der Waals surface area contributed by atoms with Crippen LogP contribution in [0, 0.1) is 0 Å². The largest absolute Gasteiger partial charge is 0.494 e. The van der Waals surface area contributed by atoms with E-state index in [4.69, 9.17) is 9.15 Å². The second-order valence-electron chi connectivity index (χ2n) is 5.28. The molecule has 3 rings (SSSR count). The highest BCUT2D eigenvalue weighted by molar-refractivity contribution is 5.94. The molecular weight excluding hydrogens is 318 g/mol. The molecule has 1 aromatic carbocycles. The molecule has 0 spiro atoms. The molecule has 0 unspecified atom stereocenters. The lowest BCUT2D eigenvalue weighted by atomic mass is 10.2. The second-order valence-corrected chi connectivity index (χ2v) is 5.28. The minimum Gasteiger partial charge on any atom is -0.494 e. The van der Waals surface area contributed by atoms with E-state index in [1.807, 2.05) is 37.3 Å². The molecule has 6 nitrogen and oxygen atoms in total. The van der Waals surface area contributed by atoms with Gasteiger partial charge in [0.1, 0.15) is 17.3 Å². The lowest BCUT2D eigenvalue weighted by Crippen LogP contribution is -2.22. The Balaban J connectivity index is 1.56. The number of benzene rings is 1. The molecule has 0 radical (unpaired) electrons. The van der Waals surface area contributed by atoms with Crippen LogP contribution in [0.15, 0.2) is 65.4 Å². The zero-order chi connectivity index (χ0) is 17.5. The Hall–Kier alpha value is -3.28. The van der Waals surface area contributed by atoms with E-state index in [1.54, 1.807) is 24.5 Å². The van der Waals surface area contributed by atoms with Gasteiger partial charge in [0.15, 0.2) is 0 Å². The molecule has 128 valence electrons. The smallest absolute Gasteiger partial charge is 0.253 e. The minimum atomic E-state index is -0.198. The fourth-order valence-electron chi connectivity index (χ4n) is 2.23. The van der Waals surface area contributed by atoms with Gasteiger partial charge in [-0.3, -0.25) is 4.79 Å². The molecule has 0 aliphatic heterocycles. The Morgan fingerprint density at radius 3 is 2.64 bits per heavy atom. The zero-order valence-corrected chi connectivity index (χ0v) is 13.9. The van der Waals surface area contributed by atoms with Crippen molar-refractivity contribution in [3.8, 4) is 5.75 Å². The Bertz CT molecular complexity index is 797. The van der Waals surface area contributed by atoms with Gasteiger partial charge in [0.05, 0.1) is 25.0 Å². The van der Waals surface area contributed by atoms with E-state index < -0.39 is 0 Å². The van der Waals surface area contributed by atoms with Gasteiger partial charge >= 0.3 is 0 Å². The first-order valence-electron chi connectivity index (χ1n) is 8.01. The number of hydrogen-bond donors (Lipinski definition) is 2. The Kier molecular flexibility index (Phi) is 5.31. The second kappa shape index (κ2) is 8.01. The van der Waals surface area contributed by atoms with Crippen LogP contribution in [0.25, 0.3) is 0 Å². The molecule has 0 saturated carbocycles. The van der Waals surface area contributed by atoms with E-state index in [1.165, 1.54) is 6.20 Å². The van der Waals surface area contributed by atoms with E-state index in [9.17, 15) is 4.79 Å². The number of ether oxygens (including phenoxy) is 1. The van der Waals surface area contributed by atoms with Crippen molar-refractivity contribution in [2.45, 2.75) is 13.5 Å². The summed E-state index contributed by atoms with van der Waals surface area (Å²) in [4.78, 5) is 16.4. The number of amides is 1. The van der Waals surface area contributed by atoms with Gasteiger partial charge in [0.25, 0.3) is 5.91 Å². The summed E-state index contributed by atoms with van der Waals surface area (Å²) in [5.41, 5.74) is 1.38. The van der Waals surface area contributed by atoms with Crippen LogP contribution < -0.4 is 15.4 Å². The van der Waals surface area contributed by atoms with Gasteiger partial charge in [-0.2, -0.15) is 0 Å². The van der Waals surface area contributed by atoms with Crippen LogP contribution in [0.1, 0.15) is 23.0 Å². The summed E-state index contributed by atoms with van der Waals surface area (Å²) in [6.07, 6.45) is 3.11. The molecular formula is C19H19N3O3. The highest BCUT2D eigenvalue weighted by Gasteiger charge is 2.07. The number of nitrogens with zero attached hydrogens (tertiary/aromatic N) is 1. The summed E-state index contributed by atoms with van der Waals surface area (Å²) >= 11 is 0. The fraction of sp³-hybridized carbons (Fsp3) is 0.158. The van der Waals surface area contributed by atoms with Gasteiger partial charge in [-0.1, -0.05) is 0 Å². The third-order valence-electron chi connectivity index (χ3n) is 3.47. The third kappa shape index (κ3) is 4.60. The van der Waals surface area contributed by atoms with Gasteiger partial charge in [-0.25, -0.2) is 4.98 Å². The first-order chi connectivity index (χ1) is 12.2. The minimum absolute atomic E-state index is 0.198. The Morgan fingerprint density at radius 1 is 1.16 bits per heavy atom. The van der Waals surface area contributed by atoms with Crippen molar-refractivity contribution >= 4 is 17.4 Å². The summed E-state index contributed by atoms with van der Waals surface area (Å²) < 4.78 is 10.6. The highest BCUT2D eigenvalue weighted by atomic mass is 16.5. The van der Waals surface area contributed by atoms with Crippen LogP contribution >= 0.6 is 0 Å². The normalized spacial score (nSPS) is 10.3. The lowest BCUT2D eigenvalue weighted by molar-refractivity contribution is 0.0947. The Morgan fingerprint density at radius 2 is 2.00 bits per heavy atom. The summed E-state index contributed by atoms with van der Waals surface area (Å²) in [5, 5.41) is 5.96. The number of anilines is 2. The monoisotopic (exact) mass is 337 g/mol. The quantitative estimate of drug-likeness (QED) is 0.687. The maximum Gasteiger partial charge on any atom is 0.253 e. The summed E-state index contributed by atoms with van der Waals surface area (Å²) in [7, 11) is 0. The number of carbonyl (C=O) groups is 1. The van der Waals surface area contributed by atoms with E-state index in [0.29, 0.717) is 30.3 Å². The zero-order valence-electron chi connectivity index (χ0n) is 13.9. The summed E-state index contributed by atoms with van der Waals surface area (Å²) in [6, 6.07) is 14.7. The molecule has 2 aromatic heterocycles. The maximum atomic E-state index is 12.1. The van der Waals surface area contributed by atoms with Gasteiger partial charge < -0.3 is 19.8 Å². The lowest BCUT2D eigenvalue weighted by Gasteiger charge is -2.08. The first kappa shape index (κ1) is 16.6. The molecule has 0 bridgehead atoms. The van der Waals surface area contributed by atoms with Crippen LogP contribution in [0.2, 0.25) is 0 Å². The van der Waals surface area contributed by atoms with Crippen molar-refractivity contribution in [2.24, 2.45) is 0 Å². The molecule has 2 heterocycles. The number of nitrogens with one attached hydrogen (secondary N) is 2. The number of pyridine rings is 1. The molecule has 2 N–H and O–H groups in total. The molecule has 1 amide bonds. The number of hydrogen-bond acceptors (Lipinski definition) is 5. The molecule has 6 heteroatoms. The Labute approximate surface area is 145 Å². The number of rotatable bonds is 7. The summed E-state index contributed by atoms with van der Waals surface area (Å²) in [6.45, 7) is 2.93. The van der Waals surface area contributed by atoms with Crippen molar-refractivity contribution in [3.05, 3.63) is 72.3 Å². The van der Waals surface area contributed by atoms with Gasteiger partial charge in [0.2, 0.25) is 0 Å². The predicted octanol–water partition coefficient (Wildman–Crippen LogP) is 3.75. The van der Waals surface area contributed by atoms with Crippen LogP contribution in [-0.2, 0) is 6.54 Å². The van der Waals surface area contributed by atoms with Crippen molar-refractivity contribution in [2.75, 3.05) is 11.9 Å². The van der Waals surface area contributed by atoms with Crippen LogP contribution in [0.5, 0.6) is 5.75 Å². The van der Waals surface area contributed by atoms with E-state index >= 15 is 0 Å². The van der Waals surface area contributed by atoms with Crippen molar-refractivity contribution in [1.29, 1.82) is 0 Å². The average molecular weight is 337 g/mol. The molecule has 25 heavy (non-hydrogen) atoms. The fourth-order valence-corrected chi connectivity index (χ4v) is 2.23. The topological polar surface area (TPSA) is 76.4 Å². The molecule has 0 aliphatic rings. The highest BCUT2D eigenvalue weighted by Crippen LogP contribution is 2.19. The SMILES string of the molecule is CCOc1ccc(Nc2ccc(C(=O)NCc3ccco3)cn2)cc1. The third-order valence-corrected chi connectivity index (χ3v) is 3.47. The molecule has 0 saturated heterocycles. The average Bonchev–Trinajstić information content (AvgIpc) is 3.16. The molecule has 0 fully saturated rings. The maximum absolute atomic E-state index is 12.1. The number of carbonyl (C=O) groups excluding carboxylic acids is 1. The van der Waals surface area contributed by atoms with E-state index in [2.05, 4.69) is 15.6 Å². The molecule has 0 atom stereocenters.